The molecule has 0 atom stereocenters. The molecular formula is C24H28N4O4S. The van der Waals surface area contributed by atoms with Gasteiger partial charge in [0.25, 0.3) is 5.91 Å². The Morgan fingerprint density at radius 1 is 0.970 bits per heavy atom. The van der Waals surface area contributed by atoms with Crippen molar-refractivity contribution in [3.05, 3.63) is 53.6 Å². The molecule has 0 spiro atoms. The molecule has 0 saturated carbocycles. The summed E-state index contributed by atoms with van der Waals surface area (Å²) in [5, 5.41) is 8.40. The van der Waals surface area contributed by atoms with Gasteiger partial charge >= 0.3 is 0 Å². The van der Waals surface area contributed by atoms with Crippen molar-refractivity contribution in [1.82, 2.24) is 4.31 Å². The number of sulfonamides is 1. The average molecular weight is 469 g/mol. The fourth-order valence-electron chi connectivity index (χ4n) is 4.02. The highest BCUT2D eigenvalue weighted by atomic mass is 32.2. The van der Waals surface area contributed by atoms with Gasteiger partial charge in [0.1, 0.15) is 5.71 Å². The number of aryl methyl sites for hydroxylation is 2. The van der Waals surface area contributed by atoms with Gasteiger partial charge in [-0.05, 0) is 68.1 Å². The number of hydrogen-bond acceptors (Lipinski definition) is 5. The molecule has 2 aromatic rings. The molecule has 2 aromatic carbocycles. The fourth-order valence-corrected chi connectivity index (χ4v) is 5.54. The Balaban J connectivity index is 1.49. The molecule has 2 amide bonds. The summed E-state index contributed by atoms with van der Waals surface area (Å²) in [4.78, 5) is 25.5. The van der Waals surface area contributed by atoms with Crippen molar-refractivity contribution in [3.8, 4) is 0 Å². The molecule has 2 aliphatic rings. The zero-order chi connectivity index (χ0) is 23.6. The average Bonchev–Trinajstić information content (AvgIpc) is 2.82. The van der Waals surface area contributed by atoms with Crippen molar-refractivity contribution >= 4 is 38.9 Å². The van der Waals surface area contributed by atoms with Gasteiger partial charge in [0, 0.05) is 31.6 Å². The first-order chi connectivity index (χ1) is 15.8. The van der Waals surface area contributed by atoms with Crippen molar-refractivity contribution in [2.75, 3.05) is 23.4 Å². The molecular weight excluding hydrogens is 440 g/mol. The first-order valence-corrected chi connectivity index (χ1v) is 12.6. The van der Waals surface area contributed by atoms with Crippen molar-refractivity contribution in [2.24, 2.45) is 5.10 Å². The summed E-state index contributed by atoms with van der Waals surface area (Å²) in [6, 6.07) is 11.9. The number of piperidine rings is 1. The molecule has 1 fully saturated rings. The number of nitrogens with one attached hydrogen (secondary N) is 1. The molecule has 2 aliphatic heterocycles. The van der Waals surface area contributed by atoms with Crippen LogP contribution in [0.2, 0.25) is 0 Å². The smallest absolute Gasteiger partial charge is 0.271 e. The van der Waals surface area contributed by atoms with Gasteiger partial charge in [-0.15, -0.1) is 0 Å². The van der Waals surface area contributed by atoms with Gasteiger partial charge in [-0.25, -0.2) is 13.4 Å². The Hall–Kier alpha value is -3.04. The maximum Gasteiger partial charge on any atom is 0.271 e. The number of hydrogen-bond donors (Lipinski definition) is 1. The van der Waals surface area contributed by atoms with E-state index in [0.29, 0.717) is 24.5 Å². The van der Waals surface area contributed by atoms with Crippen LogP contribution in [0.4, 0.5) is 11.4 Å². The van der Waals surface area contributed by atoms with Crippen LogP contribution in [0.5, 0.6) is 0 Å². The molecule has 0 aromatic heterocycles. The minimum atomic E-state index is -3.53. The van der Waals surface area contributed by atoms with E-state index in [1.165, 1.54) is 21.4 Å². The van der Waals surface area contributed by atoms with Crippen LogP contribution in [0, 0.1) is 13.8 Å². The standard InChI is InChI=1S/C24H28N4O4S/c1-17-6-7-18(2)22(16-17)28-23(29)13-12-21(26-28)24(30)25-19-8-10-20(11-9-19)33(31,32)27-14-4-3-5-15-27/h6-11,16H,3-5,12-15H2,1-2H3,(H,25,30). The van der Waals surface area contributed by atoms with E-state index < -0.39 is 15.9 Å². The van der Waals surface area contributed by atoms with Gasteiger partial charge in [-0.2, -0.15) is 9.41 Å². The summed E-state index contributed by atoms with van der Waals surface area (Å²) in [6.07, 6.45) is 3.22. The van der Waals surface area contributed by atoms with Crippen LogP contribution in [-0.2, 0) is 19.6 Å². The third-order valence-electron chi connectivity index (χ3n) is 5.95. The van der Waals surface area contributed by atoms with Crippen LogP contribution in [0.1, 0.15) is 43.2 Å². The van der Waals surface area contributed by atoms with Gasteiger partial charge in [-0.1, -0.05) is 18.6 Å². The summed E-state index contributed by atoms with van der Waals surface area (Å²) >= 11 is 0. The minimum Gasteiger partial charge on any atom is -0.321 e. The summed E-state index contributed by atoms with van der Waals surface area (Å²) < 4.78 is 27.1. The lowest BCUT2D eigenvalue weighted by atomic mass is 10.1. The number of nitrogens with zero attached hydrogens (tertiary/aromatic N) is 3. The molecule has 1 N–H and O–H groups in total. The second-order valence-electron chi connectivity index (χ2n) is 8.49. The van der Waals surface area contributed by atoms with E-state index >= 15 is 0 Å². The van der Waals surface area contributed by atoms with E-state index in [-0.39, 0.29) is 29.4 Å². The van der Waals surface area contributed by atoms with E-state index in [9.17, 15) is 18.0 Å². The van der Waals surface area contributed by atoms with Crippen molar-refractivity contribution in [1.29, 1.82) is 0 Å². The first-order valence-electron chi connectivity index (χ1n) is 11.1. The normalized spacial score (nSPS) is 17.6. The zero-order valence-corrected chi connectivity index (χ0v) is 19.7. The monoisotopic (exact) mass is 468 g/mol. The number of benzene rings is 2. The zero-order valence-electron chi connectivity index (χ0n) is 18.9. The topological polar surface area (TPSA) is 99.2 Å². The van der Waals surface area contributed by atoms with Crippen molar-refractivity contribution in [2.45, 2.75) is 50.8 Å². The van der Waals surface area contributed by atoms with Crippen LogP contribution in [0.15, 0.2) is 52.5 Å². The third-order valence-corrected chi connectivity index (χ3v) is 7.87. The molecule has 0 unspecified atom stereocenters. The second-order valence-corrected chi connectivity index (χ2v) is 10.4. The predicted octanol–water partition coefficient (Wildman–Crippen LogP) is 3.60. The molecule has 33 heavy (non-hydrogen) atoms. The minimum absolute atomic E-state index is 0.160. The summed E-state index contributed by atoms with van der Waals surface area (Å²) in [5.41, 5.74) is 3.27. The van der Waals surface area contributed by atoms with Crippen LogP contribution in [-0.4, -0.2) is 43.3 Å². The fraction of sp³-hybridized carbons (Fsp3) is 0.375. The van der Waals surface area contributed by atoms with Gasteiger partial charge in [0.05, 0.1) is 10.6 Å². The third kappa shape index (κ3) is 4.99. The van der Waals surface area contributed by atoms with Crippen LogP contribution < -0.4 is 10.3 Å². The van der Waals surface area contributed by atoms with Gasteiger partial charge < -0.3 is 5.32 Å². The first kappa shape index (κ1) is 23.1. The molecule has 0 aliphatic carbocycles. The highest BCUT2D eigenvalue weighted by molar-refractivity contribution is 7.89. The van der Waals surface area contributed by atoms with E-state index in [0.717, 1.165) is 30.4 Å². The SMILES string of the molecule is Cc1ccc(C)c(N2N=C(C(=O)Nc3ccc(S(=O)(=O)N4CCCCC4)cc3)CCC2=O)c1. The van der Waals surface area contributed by atoms with Crippen LogP contribution in [0.25, 0.3) is 0 Å². The predicted molar refractivity (Wildman–Crippen MR) is 128 cm³/mol. The second kappa shape index (κ2) is 9.44. The van der Waals surface area contributed by atoms with E-state index in [2.05, 4.69) is 10.4 Å². The Kier molecular flexibility index (Phi) is 6.62. The molecule has 4 rings (SSSR count). The molecule has 0 bridgehead atoms. The Labute approximate surface area is 194 Å². The highest BCUT2D eigenvalue weighted by Gasteiger charge is 2.28. The molecule has 1 saturated heterocycles. The molecule has 174 valence electrons. The largest absolute Gasteiger partial charge is 0.321 e. The van der Waals surface area contributed by atoms with Gasteiger partial charge in [-0.3, -0.25) is 9.59 Å². The van der Waals surface area contributed by atoms with Crippen molar-refractivity contribution < 1.29 is 18.0 Å². The maximum absolute atomic E-state index is 12.8. The van der Waals surface area contributed by atoms with E-state index in [4.69, 9.17) is 0 Å². The number of rotatable bonds is 5. The summed E-state index contributed by atoms with van der Waals surface area (Å²) in [5.74, 6) is -0.572. The van der Waals surface area contributed by atoms with Gasteiger partial charge in [0.2, 0.25) is 15.9 Å². The molecule has 8 nitrogen and oxygen atoms in total. The Morgan fingerprint density at radius 3 is 2.36 bits per heavy atom. The molecule has 9 heteroatoms. The van der Waals surface area contributed by atoms with Crippen LogP contribution in [0.3, 0.4) is 0 Å². The maximum atomic E-state index is 12.8. The molecule has 0 radical (unpaired) electrons. The number of amides is 2. The highest BCUT2D eigenvalue weighted by Crippen LogP contribution is 2.26. The lowest BCUT2D eigenvalue weighted by molar-refractivity contribution is -0.118. The van der Waals surface area contributed by atoms with Gasteiger partial charge in [0.15, 0.2) is 0 Å². The lowest BCUT2D eigenvalue weighted by Crippen LogP contribution is -2.36. The molecule has 2 heterocycles. The quantitative estimate of drug-likeness (QED) is 0.725. The number of carbonyl (C=O) groups excluding carboxylic acids is 2. The number of carbonyl (C=O) groups is 2. The number of anilines is 2. The van der Waals surface area contributed by atoms with E-state index in [1.807, 2.05) is 32.0 Å². The van der Waals surface area contributed by atoms with E-state index in [1.54, 1.807) is 12.1 Å². The Morgan fingerprint density at radius 2 is 1.67 bits per heavy atom. The Bertz CT molecular complexity index is 1200. The lowest BCUT2D eigenvalue weighted by Gasteiger charge is -2.26. The summed E-state index contributed by atoms with van der Waals surface area (Å²) in [7, 11) is -3.53. The number of hydrazone groups is 1. The summed E-state index contributed by atoms with van der Waals surface area (Å²) in [6.45, 7) is 4.90. The van der Waals surface area contributed by atoms with Crippen molar-refractivity contribution in [3.63, 3.8) is 0 Å². The van der Waals surface area contributed by atoms with Crippen LogP contribution >= 0.6 is 0 Å².